The van der Waals surface area contributed by atoms with Gasteiger partial charge in [-0.15, -0.1) is 0 Å². The van der Waals surface area contributed by atoms with Gasteiger partial charge in [-0.1, -0.05) is 13.8 Å². The maximum atomic E-state index is 11.5. The van der Waals surface area contributed by atoms with Crippen molar-refractivity contribution in [3.63, 3.8) is 0 Å². The van der Waals surface area contributed by atoms with Crippen molar-refractivity contribution in [3.05, 3.63) is 0 Å². The van der Waals surface area contributed by atoms with E-state index in [-0.39, 0.29) is 45.2 Å². The molecule has 1 unspecified atom stereocenters. The number of aliphatic carboxylic acids is 1. The summed E-state index contributed by atoms with van der Waals surface area (Å²) in [5.41, 5.74) is -0.397. The fourth-order valence-electron chi connectivity index (χ4n) is 1.46. The standard InChI is InChI=1S/C14H26O7/c1-14(2,9-20-8-11(16)7-15)10-21-13(19)6-4-3-5-12(17)18/h11,15-16H,3-10H2,1-2H3,(H,17,18). The van der Waals surface area contributed by atoms with Gasteiger partial charge >= 0.3 is 11.9 Å². The molecule has 0 saturated carbocycles. The lowest BCUT2D eigenvalue weighted by atomic mass is 9.96. The van der Waals surface area contributed by atoms with E-state index in [1.807, 2.05) is 13.8 Å². The number of carbonyl (C=O) groups excluding carboxylic acids is 1. The van der Waals surface area contributed by atoms with E-state index in [0.29, 0.717) is 12.8 Å². The van der Waals surface area contributed by atoms with E-state index in [4.69, 9.17) is 24.8 Å². The second kappa shape index (κ2) is 10.5. The predicted octanol–water partition coefficient (Wildman–Crippen LogP) is 0.571. The minimum atomic E-state index is -0.905. The summed E-state index contributed by atoms with van der Waals surface area (Å²) in [7, 11) is 0. The monoisotopic (exact) mass is 306 g/mol. The molecule has 0 aromatic heterocycles. The second-order valence-electron chi connectivity index (χ2n) is 5.78. The first-order valence-electron chi connectivity index (χ1n) is 7.01. The molecular formula is C14H26O7. The molecule has 0 rings (SSSR count). The van der Waals surface area contributed by atoms with Crippen LogP contribution in [0.25, 0.3) is 0 Å². The molecule has 0 spiro atoms. The van der Waals surface area contributed by atoms with Crippen LogP contribution in [0.1, 0.15) is 39.5 Å². The van der Waals surface area contributed by atoms with Crippen LogP contribution in [0.15, 0.2) is 0 Å². The quantitative estimate of drug-likeness (QED) is 0.357. The van der Waals surface area contributed by atoms with Crippen molar-refractivity contribution >= 4 is 11.9 Å². The van der Waals surface area contributed by atoms with Gasteiger partial charge in [-0.25, -0.2) is 0 Å². The number of carbonyl (C=O) groups is 2. The Morgan fingerprint density at radius 1 is 1.14 bits per heavy atom. The Bertz CT molecular complexity index is 314. The molecule has 0 saturated heterocycles. The minimum absolute atomic E-state index is 0.0308. The summed E-state index contributed by atoms with van der Waals surface area (Å²) < 4.78 is 10.4. The van der Waals surface area contributed by atoms with Crippen molar-refractivity contribution in [1.82, 2.24) is 0 Å². The number of aliphatic hydroxyl groups excluding tert-OH is 2. The Labute approximate surface area is 124 Å². The fourth-order valence-corrected chi connectivity index (χ4v) is 1.46. The Hall–Kier alpha value is -1.18. The molecule has 0 radical (unpaired) electrons. The Kier molecular flexibility index (Phi) is 9.94. The van der Waals surface area contributed by atoms with E-state index in [1.54, 1.807) is 0 Å². The molecule has 0 aliphatic rings. The van der Waals surface area contributed by atoms with Crippen molar-refractivity contribution in [1.29, 1.82) is 0 Å². The van der Waals surface area contributed by atoms with Crippen molar-refractivity contribution in [2.45, 2.75) is 45.6 Å². The molecule has 0 heterocycles. The van der Waals surface area contributed by atoms with Crippen LogP contribution in [0, 0.1) is 5.41 Å². The molecule has 1 atom stereocenters. The summed E-state index contributed by atoms with van der Waals surface area (Å²) in [4.78, 5) is 21.8. The molecule has 0 fully saturated rings. The number of aliphatic hydroxyl groups is 2. The van der Waals surface area contributed by atoms with Gasteiger partial charge in [-0.2, -0.15) is 0 Å². The number of unbranched alkanes of at least 4 members (excludes halogenated alkanes) is 1. The third kappa shape index (κ3) is 12.3. The average molecular weight is 306 g/mol. The predicted molar refractivity (Wildman–Crippen MR) is 74.8 cm³/mol. The molecule has 0 amide bonds. The molecule has 0 aliphatic carbocycles. The van der Waals surface area contributed by atoms with Gasteiger partial charge < -0.3 is 24.8 Å². The number of carboxylic acid groups (broad SMARTS) is 1. The van der Waals surface area contributed by atoms with Crippen LogP contribution < -0.4 is 0 Å². The maximum absolute atomic E-state index is 11.5. The molecule has 0 bridgehead atoms. The third-order valence-corrected chi connectivity index (χ3v) is 2.66. The van der Waals surface area contributed by atoms with Gasteiger partial charge in [0.2, 0.25) is 0 Å². The average Bonchev–Trinajstić information content (AvgIpc) is 2.41. The molecular weight excluding hydrogens is 280 g/mol. The summed E-state index contributed by atoms with van der Waals surface area (Å²) in [5.74, 6) is -1.23. The van der Waals surface area contributed by atoms with E-state index in [1.165, 1.54) is 0 Å². The molecule has 124 valence electrons. The highest BCUT2D eigenvalue weighted by molar-refractivity contribution is 5.69. The van der Waals surface area contributed by atoms with Crippen LogP contribution in [0.3, 0.4) is 0 Å². The summed E-state index contributed by atoms with van der Waals surface area (Å²) >= 11 is 0. The summed E-state index contributed by atoms with van der Waals surface area (Å²) in [6.07, 6.45) is 0.297. The largest absolute Gasteiger partial charge is 0.481 e. The van der Waals surface area contributed by atoms with Gasteiger partial charge in [0, 0.05) is 18.3 Å². The molecule has 0 aromatic rings. The smallest absolute Gasteiger partial charge is 0.305 e. The van der Waals surface area contributed by atoms with E-state index in [9.17, 15) is 9.59 Å². The zero-order valence-electron chi connectivity index (χ0n) is 12.7. The van der Waals surface area contributed by atoms with Crippen LogP contribution >= 0.6 is 0 Å². The Balaban J connectivity index is 3.75. The van der Waals surface area contributed by atoms with Crippen molar-refractivity contribution in [3.8, 4) is 0 Å². The molecule has 7 nitrogen and oxygen atoms in total. The van der Waals surface area contributed by atoms with Gasteiger partial charge in [0.05, 0.1) is 26.4 Å². The fraction of sp³-hybridized carbons (Fsp3) is 0.857. The van der Waals surface area contributed by atoms with Gasteiger partial charge in [-0.05, 0) is 12.8 Å². The lowest BCUT2D eigenvalue weighted by molar-refractivity contribution is -0.148. The van der Waals surface area contributed by atoms with E-state index >= 15 is 0 Å². The van der Waals surface area contributed by atoms with Gasteiger partial charge in [0.15, 0.2) is 0 Å². The summed E-state index contributed by atoms with van der Waals surface area (Å²) in [5, 5.41) is 26.2. The van der Waals surface area contributed by atoms with Crippen molar-refractivity contribution < 1.29 is 34.4 Å². The molecule has 3 N–H and O–H groups in total. The zero-order chi connectivity index (χ0) is 16.3. The van der Waals surface area contributed by atoms with Gasteiger partial charge in [0.25, 0.3) is 0 Å². The minimum Gasteiger partial charge on any atom is -0.481 e. The highest BCUT2D eigenvalue weighted by atomic mass is 16.5. The normalized spacial score (nSPS) is 13.0. The first kappa shape index (κ1) is 19.8. The molecule has 0 aromatic carbocycles. The van der Waals surface area contributed by atoms with Crippen LogP contribution in [0.5, 0.6) is 0 Å². The van der Waals surface area contributed by atoms with E-state index in [0.717, 1.165) is 0 Å². The van der Waals surface area contributed by atoms with Gasteiger partial charge in [0.1, 0.15) is 6.10 Å². The molecule has 7 heteroatoms. The van der Waals surface area contributed by atoms with Crippen LogP contribution in [0.2, 0.25) is 0 Å². The molecule has 21 heavy (non-hydrogen) atoms. The summed E-state index contributed by atoms with van der Waals surface area (Å²) in [6.45, 7) is 3.86. The highest BCUT2D eigenvalue weighted by Gasteiger charge is 2.21. The van der Waals surface area contributed by atoms with E-state index < -0.39 is 17.5 Å². The highest BCUT2D eigenvalue weighted by Crippen LogP contribution is 2.16. The summed E-state index contributed by atoms with van der Waals surface area (Å²) in [6, 6.07) is 0. The van der Waals surface area contributed by atoms with Gasteiger partial charge in [-0.3, -0.25) is 9.59 Å². The van der Waals surface area contributed by atoms with E-state index in [2.05, 4.69) is 0 Å². The zero-order valence-corrected chi connectivity index (χ0v) is 12.7. The van der Waals surface area contributed by atoms with Crippen LogP contribution in [-0.2, 0) is 19.1 Å². The number of esters is 1. The lowest BCUT2D eigenvalue weighted by Gasteiger charge is -2.24. The lowest BCUT2D eigenvalue weighted by Crippen LogP contribution is -2.30. The first-order valence-corrected chi connectivity index (χ1v) is 7.01. The number of ether oxygens (including phenoxy) is 2. The SMILES string of the molecule is CC(C)(COCC(O)CO)COC(=O)CCCCC(=O)O. The number of hydrogen-bond donors (Lipinski definition) is 3. The van der Waals surface area contributed by atoms with Crippen LogP contribution in [-0.4, -0.2) is 59.8 Å². The number of carboxylic acids is 1. The second-order valence-corrected chi connectivity index (χ2v) is 5.78. The first-order chi connectivity index (χ1) is 9.76. The topological polar surface area (TPSA) is 113 Å². The van der Waals surface area contributed by atoms with Crippen molar-refractivity contribution in [2.75, 3.05) is 26.4 Å². The number of hydrogen-bond acceptors (Lipinski definition) is 6. The number of rotatable bonds is 12. The molecule has 0 aliphatic heterocycles. The van der Waals surface area contributed by atoms with Crippen molar-refractivity contribution in [2.24, 2.45) is 5.41 Å². The van der Waals surface area contributed by atoms with Crippen LogP contribution in [0.4, 0.5) is 0 Å². The maximum Gasteiger partial charge on any atom is 0.305 e. The third-order valence-electron chi connectivity index (χ3n) is 2.66. The Morgan fingerprint density at radius 2 is 1.76 bits per heavy atom. The Morgan fingerprint density at radius 3 is 2.33 bits per heavy atom.